The number of rotatable bonds is 5. The molecule has 1 saturated carbocycles. The number of hydrogen-bond donors (Lipinski definition) is 1. The van der Waals surface area contributed by atoms with Crippen LogP contribution in [0.25, 0.3) is 0 Å². The van der Waals surface area contributed by atoms with Crippen LogP contribution in [-0.2, 0) is 13.1 Å². The summed E-state index contributed by atoms with van der Waals surface area (Å²) in [6.07, 6.45) is 4.43. The van der Waals surface area contributed by atoms with Crippen molar-refractivity contribution in [3.63, 3.8) is 0 Å². The van der Waals surface area contributed by atoms with Crippen molar-refractivity contribution >= 4 is 15.9 Å². The van der Waals surface area contributed by atoms with Crippen LogP contribution in [0.3, 0.4) is 0 Å². The van der Waals surface area contributed by atoms with Gasteiger partial charge in [-0.25, -0.2) is 4.39 Å². The Morgan fingerprint density at radius 3 is 2.95 bits per heavy atom. The second-order valence-electron chi connectivity index (χ2n) is 4.90. The fraction of sp³-hybridized carbons (Fsp3) is 0.357. The molecule has 1 aliphatic carbocycles. The minimum absolute atomic E-state index is 0.206. The van der Waals surface area contributed by atoms with Crippen molar-refractivity contribution in [3.05, 3.63) is 52.0 Å². The normalized spacial score (nSPS) is 14.8. The van der Waals surface area contributed by atoms with E-state index in [1.807, 2.05) is 18.3 Å². The molecule has 0 unspecified atom stereocenters. The van der Waals surface area contributed by atoms with Crippen LogP contribution in [0.15, 0.2) is 34.9 Å². The van der Waals surface area contributed by atoms with Crippen LogP contribution in [0, 0.1) is 5.82 Å². The van der Waals surface area contributed by atoms with Crippen molar-refractivity contribution in [1.29, 1.82) is 0 Å². The minimum atomic E-state index is -0.206. The quantitative estimate of drug-likeness (QED) is 0.916. The lowest BCUT2D eigenvalue weighted by molar-refractivity contribution is 0.578. The van der Waals surface area contributed by atoms with E-state index in [9.17, 15) is 4.39 Å². The summed E-state index contributed by atoms with van der Waals surface area (Å²) in [5, 5.41) is 7.86. The lowest BCUT2D eigenvalue weighted by Gasteiger charge is -2.04. The molecule has 0 amide bonds. The van der Waals surface area contributed by atoms with E-state index < -0.39 is 0 Å². The highest BCUT2D eigenvalue weighted by Crippen LogP contribution is 2.19. The molecule has 19 heavy (non-hydrogen) atoms. The molecule has 0 atom stereocenters. The summed E-state index contributed by atoms with van der Waals surface area (Å²) < 4.78 is 16.2. The van der Waals surface area contributed by atoms with Gasteiger partial charge in [-0.2, -0.15) is 5.10 Å². The van der Waals surface area contributed by atoms with Gasteiger partial charge < -0.3 is 5.32 Å². The zero-order valence-electron chi connectivity index (χ0n) is 10.4. The van der Waals surface area contributed by atoms with Crippen molar-refractivity contribution in [1.82, 2.24) is 15.1 Å². The first-order valence-corrected chi connectivity index (χ1v) is 7.19. The number of aromatic nitrogens is 2. The van der Waals surface area contributed by atoms with Crippen LogP contribution in [-0.4, -0.2) is 15.8 Å². The first-order chi connectivity index (χ1) is 9.20. The predicted molar refractivity (Wildman–Crippen MR) is 75.3 cm³/mol. The first-order valence-electron chi connectivity index (χ1n) is 6.40. The summed E-state index contributed by atoms with van der Waals surface area (Å²) in [5.41, 5.74) is 1.65. The fourth-order valence-electron chi connectivity index (χ4n) is 1.95. The number of benzene rings is 1. The van der Waals surface area contributed by atoms with Gasteiger partial charge in [-0.3, -0.25) is 4.68 Å². The van der Waals surface area contributed by atoms with E-state index in [2.05, 4.69) is 26.3 Å². The summed E-state index contributed by atoms with van der Waals surface area (Å²) >= 11 is 3.26. The van der Waals surface area contributed by atoms with E-state index in [4.69, 9.17) is 0 Å². The molecule has 3 rings (SSSR count). The molecule has 0 saturated heterocycles. The average molecular weight is 324 g/mol. The summed E-state index contributed by atoms with van der Waals surface area (Å²) in [5.74, 6) is -0.206. The van der Waals surface area contributed by atoms with E-state index in [-0.39, 0.29) is 5.82 Å². The second-order valence-corrected chi connectivity index (χ2v) is 5.81. The molecule has 1 aromatic carbocycles. The first kappa shape index (κ1) is 12.8. The third-order valence-corrected chi connectivity index (χ3v) is 3.69. The molecule has 2 aromatic rings. The fourth-order valence-corrected chi connectivity index (χ4v) is 2.28. The Bertz CT molecular complexity index is 578. The van der Waals surface area contributed by atoms with Gasteiger partial charge in [-0.05, 0) is 31.0 Å². The van der Waals surface area contributed by atoms with Gasteiger partial charge in [-0.15, -0.1) is 0 Å². The maximum absolute atomic E-state index is 13.7. The Kier molecular flexibility index (Phi) is 3.66. The Morgan fingerprint density at radius 2 is 2.21 bits per heavy atom. The van der Waals surface area contributed by atoms with Crippen LogP contribution in [0.2, 0.25) is 0 Å². The van der Waals surface area contributed by atoms with Gasteiger partial charge >= 0.3 is 0 Å². The number of nitrogens with one attached hydrogen (secondary N) is 1. The van der Waals surface area contributed by atoms with E-state index >= 15 is 0 Å². The lowest BCUT2D eigenvalue weighted by Crippen LogP contribution is -2.16. The maximum atomic E-state index is 13.7. The Balaban J connectivity index is 1.65. The molecule has 1 heterocycles. The molecule has 0 radical (unpaired) electrons. The maximum Gasteiger partial charge on any atom is 0.129 e. The van der Waals surface area contributed by atoms with E-state index in [1.165, 1.54) is 18.9 Å². The van der Waals surface area contributed by atoms with Crippen molar-refractivity contribution < 1.29 is 4.39 Å². The monoisotopic (exact) mass is 323 g/mol. The van der Waals surface area contributed by atoms with Gasteiger partial charge in [-0.1, -0.05) is 22.0 Å². The third-order valence-electron chi connectivity index (χ3n) is 3.19. The third kappa shape index (κ3) is 3.42. The van der Waals surface area contributed by atoms with Crippen LogP contribution in [0.4, 0.5) is 4.39 Å². The van der Waals surface area contributed by atoms with Gasteiger partial charge in [0.15, 0.2) is 0 Å². The molecule has 0 bridgehead atoms. The van der Waals surface area contributed by atoms with Gasteiger partial charge in [0.05, 0.1) is 12.2 Å². The molecule has 1 fully saturated rings. The van der Waals surface area contributed by atoms with Crippen LogP contribution in [0.5, 0.6) is 0 Å². The van der Waals surface area contributed by atoms with E-state index in [0.717, 1.165) is 16.7 Å². The average Bonchev–Trinajstić information content (AvgIpc) is 3.10. The van der Waals surface area contributed by atoms with E-state index in [1.54, 1.807) is 10.7 Å². The van der Waals surface area contributed by atoms with Crippen molar-refractivity contribution in [2.45, 2.75) is 32.0 Å². The molecule has 0 spiro atoms. The Morgan fingerprint density at radius 1 is 1.37 bits per heavy atom. The number of nitrogens with zero attached hydrogens (tertiary/aromatic N) is 2. The van der Waals surface area contributed by atoms with Gasteiger partial charge in [0.2, 0.25) is 0 Å². The van der Waals surface area contributed by atoms with Crippen molar-refractivity contribution in [3.8, 4) is 0 Å². The van der Waals surface area contributed by atoms with Gasteiger partial charge in [0.1, 0.15) is 5.82 Å². The molecule has 1 aromatic heterocycles. The summed E-state index contributed by atoms with van der Waals surface area (Å²) in [6.45, 7) is 1.25. The molecule has 3 nitrogen and oxygen atoms in total. The van der Waals surface area contributed by atoms with Gasteiger partial charge in [0.25, 0.3) is 0 Å². The summed E-state index contributed by atoms with van der Waals surface area (Å²) in [6, 6.07) is 7.76. The molecule has 1 N–H and O–H groups in total. The summed E-state index contributed by atoms with van der Waals surface area (Å²) in [4.78, 5) is 0. The number of halogens is 2. The largest absolute Gasteiger partial charge is 0.308 e. The molecule has 100 valence electrons. The molecule has 5 heteroatoms. The molecule has 1 aliphatic rings. The molecular formula is C14H15BrFN3. The Labute approximate surface area is 119 Å². The standard InChI is InChI=1S/C14H15BrFN3/c15-11-2-1-10(14(16)7-11)9-19-6-5-13(18-19)8-17-12-3-4-12/h1-2,5-7,12,17H,3-4,8-9H2. The zero-order chi connectivity index (χ0) is 13.2. The lowest BCUT2D eigenvalue weighted by atomic mass is 10.2. The highest BCUT2D eigenvalue weighted by molar-refractivity contribution is 9.10. The van der Waals surface area contributed by atoms with Crippen LogP contribution >= 0.6 is 15.9 Å². The van der Waals surface area contributed by atoms with Crippen LogP contribution in [0.1, 0.15) is 24.1 Å². The summed E-state index contributed by atoms with van der Waals surface area (Å²) in [7, 11) is 0. The Hall–Kier alpha value is -1.20. The number of hydrogen-bond acceptors (Lipinski definition) is 2. The van der Waals surface area contributed by atoms with E-state index in [0.29, 0.717) is 18.2 Å². The highest BCUT2D eigenvalue weighted by Gasteiger charge is 2.20. The minimum Gasteiger partial charge on any atom is -0.308 e. The smallest absolute Gasteiger partial charge is 0.129 e. The van der Waals surface area contributed by atoms with Gasteiger partial charge in [0, 0.05) is 28.8 Å². The molecular weight excluding hydrogens is 309 g/mol. The predicted octanol–water partition coefficient (Wildman–Crippen LogP) is 3.09. The second kappa shape index (κ2) is 5.43. The zero-order valence-corrected chi connectivity index (χ0v) is 12.0. The van der Waals surface area contributed by atoms with Crippen molar-refractivity contribution in [2.75, 3.05) is 0 Å². The highest BCUT2D eigenvalue weighted by atomic mass is 79.9. The molecule has 0 aliphatic heterocycles. The van der Waals surface area contributed by atoms with Crippen molar-refractivity contribution in [2.24, 2.45) is 0 Å². The topological polar surface area (TPSA) is 29.9 Å². The SMILES string of the molecule is Fc1cc(Br)ccc1Cn1ccc(CNC2CC2)n1. The van der Waals surface area contributed by atoms with Crippen LogP contribution < -0.4 is 5.32 Å².